The van der Waals surface area contributed by atoms with E-state index < -0.39 is 11.7 Å². The van der Waals surface area contributed by atoms with E-state index in [2.05, 4.69) is 5.10 Å². The van der Waals surface area contributed by atoms with Gasteiger partial charge in [-0.3, -0.25) is 9.36 Å². The van der Waals surface area contributed by atoms with Crippen molar-refractivity contribution in [2.45, 2.75) is 46.3 Å². The van der Waals surface area contributed by atoms with Crippen LogP contribution in [0.3, 0.4) is 0 Å². The van der Waals surface area contributed by atoms with E-state index in [-0.39, 0.29) is 27.9 Å². The number of aryl methyl sites for hydroxylation is 1. The van der Waals surface area contributed by atoms with Crippen LogP contribution in [-0.2, 0) is 12.7 Å². The summed E-state index contributed by atoms with van der Waals surface area (Å²) in [6.07, 6.45) is -4.49. The van der Waals surface area contributed by atoms with Gasteiger partial charge in [-0.1, -0.05) is 25.4 Å². The molecule has 0 aliphatic rings. The Labute approximate surface area is 159 Å². The maximum Gasteiger partial charge on any atom is 0.416 e. The minimum atomic E-state index is -4.49. The molecule has 0 amide bonds. The number of rotatable bonds is 3. The van der Waals surface area contributed by atoms with Gasteiger partial charge in [0, 0.05) is 17.8 Å². The van der Waals surface area contributed by atoms with Crippen LogP contribution < -0.4 is 5.56 Å². The van der Waals surface area contributed by atoms with E-state index in [0.717, 1.165) is 23.4 Å². The maximum atomic E-state index is 13.1. The van der Waals surface area contributed by atoms with Crippen molar-refractivity contribution in [3.05, 3.63) is 56.5 Å². The van der Waals surface area contributed by atoms with E-state index in [1.807, 2.05) is 26.8 Å². The topological polar surface area (TPSA) is 39.3 Å². The van der Waals surface area contributed by atoms with Crippen molar-refractivity contribution in [1.29, 1.82) is 0 Å². The Morgan fingerprint density at radius 1 is 1.22 bits per heavy atom. The first-order chi connectivity index (χ1) is 12.6. The highest BCUT2D eigenvalue weighted by atomic mass is 35.5. The second kappa shape index (κ2) is 6.71. The molecule has 0 unspecified atom stereocenters. The van der Waals surface area contributed by atoms with Gasteiger partial charge in [0.1, 0.15) is 5.52 Å². The highest BCUT2D eigenvalue weighted by Gasteiger charge is 2.31. The molecule has 0 aliphatic heterocycles. The molecule has 0 N–H and O–H groups in total. The lowest BCUT2D eigenvalue weighted by atomic mass is 10.1. The van der Waals surface area contributed by atoms with Gasteiger partial charge in [-0.15, -0.1) is 5.10 Å². The van der Waals surface area contributed by atoms with Crippen molar-refractivity contribution in [2.24, 2.45) is 0 Å². The lowest BCUT2D eigenvalue weighted by Gasteiger charge is -2.15. The molecule has 4 nitrogen and oxygen atoms in total. The van der Waals surface area contributed by atoms with Crippen LogP contribution in [-0.4, -0.2) is 14.2 Å². The second-order valence-corrected chi connectivity index (χ2v) is 7.13. The van der Waals surface area contributed by atoms with Crippen molar-refractivity contribution in [2.75, 3.05) is 0 Å². The molecule has 0 saturated carbocycles. The number of hydrogen-bond donors (Lipinski definition) is 0. The normalized spacial score (nSPS) is 12.3. The van der Waals surface area contributed by atoms with Crippen LogP contribution in [0.25, 0.3) is 16.9 Å². The van der Waals surface area contributed by atoms with Crippen LogP contribution in [0.4, 0.5) is 13.2 Å². The summed E-state index contributed by atoms with van der Waals surface area (Å²) >= 11 is 6.13. The number of fused-ring (bicyclic) bond motifs is 1. The molecule has 3 rings (SSSR count). The summed E-state index contributed by atoms with van der Waals surface area (Å²) in [4.78, 5) is 13.1. The third-order valence-corrected chi connectivity index (χ3v) is 4.87. The zero-order valence-electron chi connectivity index (χ0n) is 15.4. The van der Waals surface area contributed by atoms with Crippen LogP contribution in [0.2, 0.25) is 5.02 Å². The Hall–Kier alpha value is -2.28. The molecular weight excluding hydrogens is 379 g/mol. The molecule has 0 fully saturated rings. The summed E-state index contributed by atoms with van der Waals surface area (Å²) in [6.45, 7) is 7.92. The molecule has 0 spiro atoms. The van der Waals surface area contributed by atoms with E-state index in [0.29, 0.717) is 12.1 Å². The molecule has 0 saturated heterocycles. The summed E-state index contributed by atoms with van der Waals surface area (Å²) < 4.78 is 41.7. The fourth-order valence-electron chi connectivity index (χ4n) is 3.17. The number of hydrogen-bond acceptors (Lipinski definition) is 2. The van der Waals surface area contributed by atoms with Crippen LogP contribution in [0.5, 0.6) is 0 Å². The van der Waals surface area contributed by atoms with Gasteiger partial charge in [0.05, 0.1) is 10.6 Å². The van der Waals surface area contributed by atoms with Crippen molar-refractivity contribution in [3.63, 3.8) is 0 Å². The van der Waals surface area contributed by atoms with E-state index in [4.69, 9.17) is 11.6 Å². The first kappa shape index (κ1) is 19.5. The zero-order chi connectivity index (χ0) is 20.1. The summed E-state index contributed by atoms with van der Waals surface area (Å²) in [5.41, 5.74) is 1.34. The van der Waals surface area contributed by atoms with Crippen molar-refractivity contribution in [1.82, 2.24) is 14.2 Å². The first-order valence-corrected chi connectivity index (χ1v) is 8.94. The van der Waals surface area contributed by atoms with Crippen molar-refractivity contribution < 1.29 is 13.2 Å². The molecule has 2 heterocycles. The van der Waals surface area contributed by atoms with Crippen molar-refractivity contribution >= 4 is 17.1 Å². The lowest BCUT2D eigenvalue weighted by Crippen LogP contribution is -2.26. The molecule has 0 radical (unpaired) electrons. The van der Waals surface area contributed by atoms with E-state index in [1.165, 1.54) is 10.6 Å². The molecule has 0 aliphatic carbocycles. The average Bonchev–Trinajstić information content (AvgIpc) is 2.91. The highest BCUT2D eigenvalue weighted by Crippen LogP contribution is 2.35. The van der Waals surface area contributed by atoms with Gasteiger partial charge in [-0.05, 0) is 49.6 Å². The van der Waals surface area contributed by atoms with Crippen LogP contribution in [0.15, 0.2) is 29.1 Å². The zero-order valence-corrected chi connectivity index (χ0v) is 16.1. The van der Waals surface area contributed by atoms with Crippen LogP contribution in [0.1, 0.15) is 43.5 Å². The monoisotopic (exact) mass is 397 g/mol. The molecule has 0 bridgehead atoms. The van der Waals surface area contributed by atoms with Gasteiger partial charge in [0.25, 0.3) is 5.56 Å². The number of benzene rings is 1. The van der Waals surface area contributed by atoms with Gasteiger partial charge in [-0.25, -0.2) is 4.52 Å². The number of aromatic nitrogens is 3. The average molecular weight is 398 g/mol. The fourth-order valence-corrected chi connectivity index (χ4v) is 3.44. The summed E-state index contributed by atoms with van der Waals surface area (Å²) in [5, 5.41) is 4.44. The largest absolute Gasteiger partial charge is 0.416 e. The van der Waals surface area contributed by atoms with E-state index >= 15 is 0 Å². The second-order valence-electron chi connectivity index (χ2n) is 6.72. The highest BCUT2D eigenvalue weighted by molar-refractivity contribution is 6.33. The smallest absolute Gasteiger partial charge is 0.290 e. The predicted molar refractivity (Wildman–Crippen MR) is 99.4 cm³/mol. The maximum absolute atomic E-state index is 13.1. The standard InChI is InChI=1S/C19H19ClF3N3O/c1-5-25-17(13-7-6-12(9-15(13)20)19(21,22)23)24-26-11(4)8-14(10(2)3)16(26)18(25)27/h6-10H,5H2,1-4H3. The Balaban J connectivity index is 2.33. The number of alkyl halides is 3. The molecule has 2 aromatic heterocycles. The summed E-state index contributed by atoms with van der Waals surface area (Å²) in [7, 11) is 0. The molecule has 27 heavy (non-hydrogen) atoms. The molecule has 1 aromatic carbocycles. The Morgan fingerprint density at radius 2 is 1.89 bits per heavy atom. The SMILES string of the molecule is CCn1c(-c2ccc(C(F)(F)F)cc2Cl)nn2c(C)cc(C(C)C)c2c1=O. The Bertz CT molecular complexity index is 1080. The minimum absolute atomic E-state index is 0.104. The van der Waals surface area contributed by atoms with Crippen molar-refractivity contribution in [3.8, 4) is 11.4 Å². The molecule has 0 atom stereocenters. The third kappa shape index (κ3) is 3.25. The van der Waals surface area contributed by atoms with E-state index in [9.17, 15) is 18.0 Å². The number of nitrogens with zero attached hydrogens (tertiary/aromatic N) is 3. The fraction of sp³-hybridized carbons (Fsp3) is 0.368. The van der Waals surface area contributed by atoms with Gasteiger partial charge < -0.3 is 0 Å². The van der Waals surface area contributed by atoms with Crippen LogP contribution >= 0.6 is 11.6 Å². The third-order valence-electron chi connectivity index (χ3n) is 4.56. The molecule has 8 heteroatoms. The summed E-state index contributed by atoms with van der Waals surface area (Å²) in [6, 6.07) is 4.97. The first-order valence-electron chi connectivity index (χ1n) is 8.56. The Morgan fingerprint density at radius 3 is 2.41 bits per heavy atom. The van der Waals surface area contributed by atoms with Gasteiger partial charge >= 0.3 is 6.18 Å². The molecule has 3 aromatic rings. The number of halogens is 4. The Kier molecular flexibility index (Phi) is 4.84. The van der Waals surface area contributed by atoms with Gasteiger partial charge in [0.15, 0.2) is 5.82 Å². The minimum Gasteiger partial charge on any atom is -0.290 e. The molecular formula is C19H19ClF3N3O. The molecule has 144 valence electrons. The van der Waals surface area contributed by atoms with Crippen LogP contribution in [0, 0.1) is 6.92 Å². The predicted octanol–water partition coefficient (Wildman–Crippen LogP) is 5.29. The van der Waals surface area contributed by atoms with E-state index in [1.54, 1.807) is 11.4 Å². The van der Waals surface area contributed by atoms with Gasteiger partial charge in [0.2, 0.25) is 0 Å². The lowest BCUT2D eigenvalue weighted by molar-refractivity contribution is -0.137. The van der Waals surface area contributed by atoms with Gasteiger partial charge in [-0.2, -0.15) is 13.2 Å². The quantitative estimate of drug-likeness (QED) is 0.602. The summed E-state index contributed by atoms with van der Waals surface area (Å²) in [5.74, 6) is 0.372.